The van der Waals surface area contributed by atoms with Crippen molar-refractivity contribution in [3.8, 4) is 0 Å². The Bertz CT molecular complexity index is 648. The van der Waals surface area contributed by atoms with Crippen LogP contribution < -0.4 is 5.73 Å². The van der Waals surface area contributed by atoms with E-state index in [1.54, 1.807) is 18.3 Å². The van der Waals surface area contributed by atoms with Crippen molar-refractivity contribution >= 4 is 23.7 Å². The van der Waals surface area contributed by atoms with Crippen LogP contribution in [0.15, 0.2) is 23.2 Å². The zero-order valence-electron chi connectivity index (χ0n) is 14.8. The quantitative estimate of drug-likeness (QED) is 0.797. The Kier molecular flexibility index (Phi) is 6.27. The number of hydrogen-bond acceptors (Lipinski definition) is 4. The monoisotopic (exact) mass is 381 g/mol. The van der Waals surface area contributed by atoms with Crippen LogP contribution >= 0.6 is 11.6 Å². The lowest BCUT2D eigenvalue weighted by molar-refractivity contribution is -0.127. The van der Waals surface area contributed by atoms with E-state index in [0.717, 1.165) is 25.9 Å². The molecule has 1 amide bonds. The summed E-state index contributed by atoms with van der Waals surface area (Å²) in [5.41, 5.74) is 5.49. The smallest absolute Gasteiger partial charge is 0.229 e. The second-order valence-electron chi connectivity index (χ2n) is 7.12. The number of amides is 1. The van der Waals surface area contributed by atoms with E-state index >= 15 is 0 Å². The molecule has 142 valence electrons. The SMILES string of the molecule is NC(=O)C1(C=NC2CCN(Cc3c(F)cccc3Cl)CC2)CCOCC1. The van der Waals surface area contributed by atoms with Gasteiger partial charge in [-0.15, -0.1) is 0 Å². The number of halogens is 2. The van der Waals surface area contributed by atoms with Crippen LogP contribution in [0.4, 0.5) is 4.39 Å². The molecular formula is C19H25ClFN3O2. The van der Waals surface area contributed by atoms with Crippen LogP contribution in [0.1, 0.15) is 31.2 Å². The molecule has 0 spiro atoms. The molecular weight excluding hydrogens is 357 g/mol. The third kappa shape index (κ3) is 4.42. The van der Waals surface area contributed by atoms with E-state index in [-0.39, 0.29) is 17.8 Å². The number of carbonyl (C=O) groups excluding carboxylic acids is 1. The fourth-order valence-corrected chi connectivity index (χ4v) is 3.78. The topological polar surface area (TPSA) is 67.9 Å². The fourth-order valence-electron chi connectivity index (χ4n) is 3.56. The molecule has 1 aromatic rings. The van der Waals surface area contributed by atoms with Gasteiger partial charge in [-0.05, 0) is 37.8 Å². The number of primary amides is 1. The highest BCUT2D eigenvalue weighted by atomic mass is 35.5. The summed E-state index contributed by atoms with van der Waals surface area (Å²) in [5, 5.41) is 0.466. The lowest BCUT2D eigenvalue weighted by atomic mass is 9.80. The summed E-state index contributed by atoms with van der Waals surface area (Å²) < 4.78 is 19.3. The number of hydrogen-bond donors (Lipinski definition) is 1. The van der Waals surface area contributed by atoms with Crippen molar-refractivity contribution in [2.45, 2.75) is 38.3 Å². The highest BCUT2D eigenvalue weighted by molar-refractivity contribution is 6.31. The van der Waals surface area contributed by atoms with Gasteiger partial charge in [-0.3, -0.25) is 14.7 Å². The first kappa shape index (κ1) is 19.3. The molecule has 0 radical (unpaired) electrons. The predicted molar refractivity (Wildman–Crippen MR) is 99.9 cm³/mol. The summed E-state index contributed by atoms with van der Waals surface area (Å²) >= 11 is 6.11. The van der Waals surface area contributed by atoms with Gasteiger partial charge < -0.3 is 10.5 Å². The van der Waals surface area contributed by atoms with E-state index in [9.17, 15) is 9.18 Å². The lowest BCUT2D eigenvalue weighted by Gasteiger charge is -2.33. The molecule has 0 saturated carbocycles. The minimum atomic E-state index is -0.671. The Balaban J connectivity index is 1.56. The van der Waals surface area contributed by atoms with Gasteiger partial charge in [0, 0.05) is 49.6 Å². The molecule has 5 nitrogen and oxygen atoms in total. The average Bonchev–Trinajstić information content (AvgIpc) is 2.65. The Morgan fingerprint density at radius 2 is 2.08 bits per heavy atom. The first-order chi connectivity index (χ1) is 12.5. The molecule has 1 aromatic carbocycles. The van der Waals surface area contributed by atoms with Crippen LogP contribution in [-0.2, 0) is 16.1 Å². The summed E-state index contributed by atoms with van der Waals surface area (Å²) in [5.74, 6) is -0.586. The average molecular weight is 382 g/mol. The standard InChI is InChI=1S/C19H25ClFN3O2/c20-16-2-1-3-17(21)15(16)12-24-8-4-14(5-9-24)23-13-19(18(22)25)6-10-26-11-7-19/h1-3,13-14H,4-12H2,(H2,22,25). The largest absolute Gasteiger partial charge is 0.381 e. The van der Waals surface area contributed by atoms with E-state index in [4.69, 9.17) is 22.1 Å². The van der Waals surface area contributed by atoms with Crippen molar-refractivity contribution < 1.29 is 13.9 Å². The maximum absolute atomic E-state index is 13.9. The fraction of sp³-hybridized carbons (Fsp3) is 0.579. The first-order valence-electron chi connectivity index (χ1n) is 9.07. The van der Waals surface area contributed by atoms with Gasteiger partial charge in [0.2, 0.25) is 5.91 Å². The van der Waals surface area contributed by atoms with E-state index in [2.05, 4.69) is 9.89 Å². The van der Waals surface area contributed by atoms with E-state index in [0.29, 0.717) is 43.2 Å². The van der Waals surface area contributed by atoms with Gasteiger partial charge >= 0.3 is 0 Å². The normalized spacial score (nSPS) is 21.9. The second kappa shape index (κ2) is 8.46. The molecule has 2 aliphatic rings. The third-order valence-electron chi connectivity index (χ3n) is 5.41. The number of carbonyl (C=O) groups is 1. The van der Waals surface area contributed by atoms with Gasteiger partial charge in [0.15, 0.2) is 0 Å². The number of nitrogens with two attached hydrogens (primary N) is 1. The van der Waals surface area contributed by atoms with Gasteiger partial charge in [0.05, 0.1) is 11.5 Å². The molecule has 0 atom stereocenters. The molecule has 0 bridgehead atoms. The van der Waals surface area contributed by atoms with Crippen molar-refractivity contribution in [2.75, 3.05) is 26.3 Å². The van der Waals surface area contributed by atoms with Crippen LogP contribution in [0.3, 0.4) is 0 Å². The van der Waals surface area contributed by atoms with Gasteiger partial charge in [-0.2, -0.15) is 0 Å². The van der Waals surface area contributed by atoms with Crippen molar-refractivity contribution in [1.82, 2.24) is 4.90 Å². The van der Waals surface area contributed by atoms with Crippen molar-refractivity contribution in [1.29, 1.82) is 0 Å². The Morgan fingerprint density at radius 3 is 2.69 bits per heavy atom. The zero-order valence-corrected chi connectivity index (χ0v) is 15.6. The molecule has 0 aromatic heterocycles. The molecule has 0 unspecified atom stereocenters. The third-order valence-corrected chi connectivity index (χ3v) is 5.76. The number of piperidine rings is 1. The van der Waals surface area contributed by atoms with Crippen molar-refractivity contribution in [3.05, 3.63) is 34.6 Å². The summed E-state index contributed by atoms with van der Waals surface area (Å²) in [7, 11) is 0. The number of rotatable bonds is 5. The van der Waals surface area contributed by atoms with Crippen molar-refractivity contribution in [2.24, 2.45) is 16.1 Å². The second-order valence-corrected chi connectivity index (χ2v) is 7.53. The zero-order chi connectivity index (χ0) is 18.6. The van der Waals surface area contributed by atoms with Gasteiger partial charge in [-0.1, -0.05) is 17.7 Å². The number of benzene rings is 1. The maximum Gasteiger partial charge on any atom is 0.229 e. The lowest BCUT2D eigenvalue weighted by Crippen LogP contribution is -2.43. The Labute approximate surface area is 158 Å². The molecule has 2 saturated heterocycles. The van der Waals surface area contributed by atoms with Crippen LogP contribution in [-0.4, -0.2) is 49.4 Å². The molecule has 2 aliphatic heterocycles. The predicted octanol–water partition coefficient (Wildman–Crippen LogP) is 2.80. The molecule has 0 aliphatic carbocycles. The Hall–Kier alpha value is -1.50. The minimum absolute atomic E-state index is 0.168. The van der Waals surface area contributed by atoms with Crippen LogP contribution in [0, 0.1) is 11.2 Å². The molecule has 7 heteroatoms. The van der Waals surface area contributed by atoms with E-state index < -0.39 is 5.41 Å². The van der Waals surface area contributed by atoms with E-state index in [1.165, 1.54) is 6.07 Å². The molecule has 2 fully saturated rings. The summed E-state index contributed by atoms with van der Waals surface area (Å²) in [4.78, 5) is 18.7. The summed E-state index contributed by atoms with van der Waals surface area (Å²) in [6, 6.07) is 4.94. The van der Waals surface area contributed by atoms with Crippen LogP contribution in [0.5, 0.6) is 0 Å². The minimum Gasteiger partial charge on any atom is -0.381 e. The highest BCUT2D eigenvalue weighted by Crippen LogP contribution is 2.29. The van der Waals surface area contributed by atoms with Crippen LogP contribution in [0.2, 0.25) is 5.02 Å². The summed E-state index contributed by atoms with van der Waals surface area (Å²) in [6.07, 6.45) is 4.70. The van der Waals surface area contributed by atoms with Crippen molar-refractivity contribution in [3.63, 3.8) is 0 Å². The van der Waals surface area contributed by atoms with Gasteiger partial charge in [0.25, 0.3) is 0 Å². The van der Waals surface area contributed by atoms with Gasteiger partial charge in [-0.25, -0.2) is 4.39 Å². The van der Waals surface area contributed by atoms with Crippen LogP contribution in [0.25, 0.3) is 0 Å². The molecule has 3 rings (SSSR count). The molecule has 26 heavy (non-hydrogen) atoms. The molecule has 2 heterocycles. The molecule has 2 N–H and O–H groups in total. The summed E-state index contributed by atoms with van der Waals surface area (Å²) in [6.45, 7) is 3.22. The number of nitrogens with zero attached hydrogens (tertiary/aromatic N) is 2. The number of aliphatic imine (C=N–C) groups is 1. The van der Waals surface area contributed by atoms with Gasteiger partial charge in [0.1, 0.15) is 5.82 Å². The number of ether oxygens (including phenoxy) is 1. The number of likely N-dealkylation sites (tertiary alicyclic amines) is 1. The van der Waals surface area contributed by atoms with E-state index in [1.807, 2.05) is 0 Å². The maximum atomic E-state index is 13.9. The highest BCUT2D eigenvalue weighted by Gasteiger charge is 2.37. The Morgan fingerprint density at radius 1 is 1.38 bits per heavy atom. The first-order valence-corrected chi connectivity index (χ1v) is 9.45.